The highest BCUT2D eigenvalue weighted by Crippen LogP contribution is 2.22. The molecule has 0 bridgehead atoms. The molecule has 20 heavy (non-hydrogen) atoms. The van der Waals surface area contributed by atoms with Gasteiger partial charge in [-0.05, 0) is 57.1 Å². The minimum Gasteiger partial charge on any atom is -0.358 e. The minimum atomic E-state index is -0.00638. The highest BCUT2D eigenvalue weighted by Gasteiger charge is 2.10. The van der Waals surface area contributed by atoms with Crippen LogP contribution in [0.3, 0.4) is 0 Å². The fourth-order valence-corrected chi connectivity index (χ4v) is 2.39. The van der Waals surface area contributed by atoms with Crippen LogP contribution in [0, 0.1) is 19.8 Å². The topological polar surface area (TPSA) is 56.9 Å². The van der Waals surface area contributed by atoms with E-state index >= 15 is 0 Å². The van der Waals surface area contributed by atoms with Gasteiger partial charge in [-0.25, -0.2) is 0 Å². The lowest BCUT2D eigenvalue weighted by Crippen LogP contribution is -2.32. The van der Waals surface area contributed by atoms with Gasteiger partial charge >= 0.3 is 0 Å². The van der Waals surface area contributed by atoms with Gasteiger partial charge in [-0.3, -0.25) is 4.79 Å². The van der Waals surface area contributed by atoms with Crippen LogP contribution in [-0.4, -0.2) is 31.0 Å². The number of carbonyl (C=O) groups is 1. The molecule has 0 spiro atoms. The molecule has 2 aromatic rings. The van der Waals surface area contributed by atoms with Crippen LogP contribution in [0.15, 0.2) is 18.2 Å². The first-order valence-electron chi connectivity index (χ1n) is 7.04. The number of amides is 1. The Kier molecular flexibility index (Phi) is 4.45. The summed E-state index contributed by atoms with van der Waals surface area (Å²) in [5.74, 6) is 0.414. The molecule has 0 aliphatic heterocycles. The second-order valence-corrected chi connectivity index (χ2v) is 5.51. The van der Waals surface area contributed by atoms with E-state index in [-0.39, 0.29) is 5.91 Å². The van der Waals surface area contributed by atoms with Crippen LogP contribution in [0.4, 0.5) is 0 Å². The molecule has 1 aromatic carbocycles. The molecule has 4 heteroatoms. The zero-order valence-electron chi connectivity index (χ0n) is 12.6. The summed E-state index contributed by atoms with van der Waals surface area (Å²) in [7, 11) is 1.92. The van der Waals surface area contributed by atoms with E-state index in [1.54, 1.807) is 0 Å². The number of aromatic amines is 1. The summed E-state index contributed by atoms with van der Waals surface area (Å²) < 4.78 is 0. The monoisotopic (exact) mass is 273 g/mol. The fraction of sp³-hybridized carbons (Fsp3) is 0.438. The lowest BCUT2D eigenvalue weighted by Gasteiger charge is -2.12. The molecule has 4 nitrogen and oxygen atoms in total. The van der Waals surface area contributed by atoms with Crippen molar-refractivity contribution in [2.45, 2.75) is 20.8 Å². The number of rotatable bonds is 5. The molecule has 0 aliphatic rings. The quantitative estimate of drug-likeness (QED) is 0.783. The molecule has 1 heterocycles. The number of H-pyrrole nitrogens is 1. The van der Waals surface area contributed by atoms with Crippen molar-refractivity contribution < 1.29 is 4.79 Å². The Hall–Kier alpha value is -1.81. The Balaban J connectivity index is 2.12. The fourth-order valence-electron chi connectivity index (χ4n) is 2.39. The maximum atomic E-state index is 12.2. The van der Waals surface area contributed by atoms with Crippen molar-refractivity contribution in [1.29, 1.82) is 0 Å². The SMILES string of the molecule is CNCC(C)CNC(=O)c1ccc2[nH]c(C)c(C)c2c1. The summed E-state index contributed by atoms with van der Waals surface area (Å²) in [6, 6.07) is 5.81. The first-order valence-corrected chi connectivity index (χ1v) is 7.04. The standard InChI is InChI=1S/C16H23N3O/c1-10(8-17-4)9-18-16(20)13-5-6-15-14(7-13)11(2)12(3)19-15/h5-7,10,17,19H,8-9H2,1-4H3,(H,18,20). The molecule has 108 valence electrons. The van der Waals surface area contributed by atoms with Gasteiger partial charge in [-0.2, -0.15) is 0 Å². The highest BCUT2D eigenvalue weighted by molar-refractivity contribution is 5.99. The highest BCUT2D eigenvalue weighted by atomic mass is 16.1. The van der Waals surface area contributed by atoms with Gasteiger partial charge in [0.25, 0.3) is 5.91 Å². The molecule has 1 atom stereocenters. The molecule has 1 amide bonds. The van der Waals surface area contributed by atoms with Crippen LogP contribution in [0.2, 0.25) is 0 Å². The van der Waals surface area contributed by atoms with Crippen molar-refractivity contribution >= 4 is 16.8 Å². The molecule has 1 unspecified atom stereocenters. The van der Waals surface area contributed by atoms with E-state index in [1.165, 1.54) is 5.56 Å². The average Bonchev–Trinajstić information content (AvgIpc) is 2.71. The third-order valence-electron chi connectivity index (χ3n) is 3.73. The maximum Gasteiger partial charge on any atom is 0.251 e. The van der Waals surface area contributed by atoms with E-state index in [4.69, 9.17) is 0 Å². The van der Waals surface area contributed by atoms with E-state index in [1.807, 2.05) is 25.2 Å². The average molecular weight is 273 g/mol. The number of nitrogens with one attached hydrogen (secondary N) is 3. The molecule has 0 saturated heterocycles. The Morgan fingerprint density at radius 3 is 2.75 bits per heavy atom. The van der Waals surface area contributed by atoms with Crippen molar-refractivity contribution in [2.24, 2.45) is 5.92 Å². The van der Waals surface area contributed by atoms with E-state index in [0.717, 1.165) is 28.7 Å². The molecule has 2 rings (SSSR count). The Morgan fingerprint density at radius 2 is 2.05 bits per heavy atom. The number of carbonyl (C=O) groups excluding carboxylic acids is 1. The van der Waals surface area contributed by atoms with Crippen molar-refractivity contribution in [3.8, 4) is 0 Å². The van der Waals surface area contributed by atoms with Gasteiger partial charge in [-0.15, -0.1) is 0 Å². The van der Waals surface area contributed by atoms with Crippen molar-refractivity contribution in [1.82, 2.24) is 15.6 Å². The summed E-state index contributed by atoms with van der Waals surface area (Å²) >= 11 is 0. The van der Waals surface area contributed by atoms with Crippen LogP contribution in [0.25, 0.3) is 10.9 Å². The van der Waals surface area contributed by atoms with Crippen molar-refractivity contribution in [2.75, 3.05) is 20.1 Å². The van der Waals surface area contributed by atoms with Crippen LogP contribution < -0.4 is 10.6 Å². The number of benzene rings is 1. The van der Waals surface area contributed by atoms with E-state index < -0.39 is 0 Å². The summed E-state index contributed by atoms with van der Waals surface area (Å²) in [6.45, 7) is 7.82. The minimum absolute atomic E-state index is 0.00638. The van der Waals surface area contributed by atoms with E-state index in [9.17, 15) is 4.79 Å². The zero-order valence-corrected chi connectivity index (χ0v) is 12.6. The van der Waals surface area contributed by atoms with Crippen LogP contribution in [-0.2, 0) is 0 Å². The normalized spacial score (nSPS) is 12.6. The largest absolute Gasteiger partial charge is 0.358 e. The zero-order chi connectivity index (χ0) is 14.7. The molecule has 0 radical (unpaired) electrons. The van der Waals surface area contributed by atoms with Gasteiger partial charge in [0.05, 0.1) is 0 Å². The molecule has 0 saturated carbocycles. The summed E-state index contributed by atoms with van der Waals surface area (Å²) in [6.07, 6.45) is 0. The van der Waals surface area contributed by atoms with Gasteiger partial charge in [0.2, 0.25) is 0 Å². The van der Waals surface area contributed by atoms with E-state index in [2.05, 4.69) is 36.4 Å². The van der Waals surface area contributed by atoms with Gasteiger partial charge < -0.3 is 15.6 Å². The first kappa shape index (κ1) is 14.6. The van der Waals surface area contributed by atoms with Crippen molar-refractivity contribution in [3.63, 3.8) is 0 Å². The molecular formula is C16H23N3O. The Bertz CT molecular complexity index is 615. The number of aromatic nitrogens is 1. The number of fused-ring (bicyclic) bond motifs is 1. The maximum absolute atomic E-state index is 12.2. The van der Waals surface area contributed by atoms with Crippen LogP contribution in [0.5, 0.6) is 0 Å². The van der Waals surface area contributed by atoms with E-state index in [0.29, 0.717) is 12.5 Å². The van der Waals surface area contributed by atoms with Gasteiger partial charge in [-0.1, -0.05) is 6.92 Å². The Labute approximate surface area is 120 Å². The lowest BCUT2D eigenvalue weighted by molar-refractivity contribution is 0.0948. The molecule has 0 fully saturated rings. The number of hydrogen-bond donors (Lipinski definition) is 3. The van der Waals surface area contributed by atoms with Gasteiger partial charge in [0.1, 0.15) is 0 Å². The first-order chi connectivity index (χ1) is 9.52. The summed E-state index contributed by atoms with van der Waals surface area (Å²) in [5, 5.41) is 7.22. The summed E-state index contributed by atoms with van der Waals surface area (Å²) in [4.78, 5) is 15.5. The van der Waals surface area contributed by atoms with Gasteiger partial charge in [0, 0.05) is 28.7 Å². The summed E-state index contributed by atoms with van der Waals surface area (Å²) in [5.41, 5.74) is 4.16. The number of hydrogen-bond acceptors (Lipinski definition) is 2. The van der Waals surface area contributed by atoms with Gasteiger partial charge in [0.15, 0.2) is 0 Å². The number of aryl methyl sites for hydroxylation is 2. The predicted molar refractivity (Wildman–Crippen MR) is 83.2 cm³/mol. The smallest absolute Gasteiger partial charge is 0.251 e. The molecule has 0 aliphatic carbocycles. The van der Waals surface area contributed by atoms with Crippen molar-refractivity contribution in [3.05, 3.63) is 35.0 Å². The predicted octanol–water partition coefficient (Wildman–Crippen LogP) is 2.37. The third kappa shape index (κ3) is 3.02. The Morgan fingerprint density at radius 1 is 1.30 bits per heavy atom. The molecular weight excluding hydrogens is 250 g/mol. The van der Waals surface area contributed by atoms with Crippen LogP contribution >= 0.6 is 0 Å². The second kappa shape index (κ2) is 6.09. The molecule has 1 aromatic heterocycles. The van der Waals surface area contributed by atoms with Crippen LogP contribution in [0.1, 0.15) is 28.5 Å². The second-order valence-electron chi connectivity index (χ2n) is 5.51. The lowest BCUT2D eigenvalue weighted by atomic mass is 10.1. The third-order valence-corrected chi connectivity index (χ3v) is 3.73. The molecule has 3 N–H and O–H groups in total.